The monoisotopic (exact) mass is 341 g/mol. The standard InChI is InChI=1S/C13H16BrN3OS/c1-8(2)18-13-10(15)4-6-12(17-13)16-7-9-3-5-11(14)19-9/h3-6,8H,7,15H2,1-2H3,(H,16,17). The van der Waals surface area contributed by atoms with Gasteiger partial charge in [0.1, 0.15) is 5.82 Å². The average molecular weight is 342 g/mol. The first-order valence-corrected chi connectivity index (χ1v) is 7.57. The Hall–Kier alpha value is -1.27. The van der Waals surface area contributed by atoms with Crippen LogP contribution >= 0.6 is 27.3 Å². The quantitative estimate of drug-likeness (QED) is 0.866. The van der Waals surface area contributed by atoms with Crippen LogP contribution in [-0.4, -0.2) is 11.1 Å². The molecule has 0 aliphatic heterocycles. The molecule has 0 saturated heterocycles. The first-order chi connectivity index (χ1) is 9.04. The lowest BCUT2D eigenvalue weighted by atomic mass is 10.3. The Morgan fingerprint density at radius 1 is 1.37 bits per heavy atom. The third kappa shape index (κ3) is 4.11. The van der Waals surface area contributed by atoms with E-state index in [2.05, 4.69) is 32.3 Å². The van der Waals surface area contributed by atoms with Crippen molar-refractivity contribution in [1.82, 2.24) is 4.98 Å². The van der Waals surface area contributed by atoms with E-state index in [0.29, 0.717) is 11.6 Å². The molecular formula is C13H16BrN3OS. The minimum Gasteiger partial charge on any atom is -0.473 e. The zero-order valence-corrected chi connectivity index (χ0v) is 13.2. The molecule has 4 nitrogen and oxygen atoms in total. The number of nitrogens with zero attached hydrogens (tertiary/aromatic N) is 1. The van der Waals surface area contributed by atoms with E-state index in [1.165, 1.54) is 4.88 Å². The zero-order chi connectivity index (χ0) is 13.8. The van der Waals surface area contributed by atoms with Crippen LogP contribution in [0.3, 0.4) is 0 Å². The largest absolute Gasteiger partial charge is 0.473 e. The SMILES string of the molecule is CC(C)Oc1nc(NCc2ccc(Br)s2)ccc1N. The Kier molecular flexibility index (Phi) is 4.66. The average Bonchev–Trinajstić information content (AvgIpc) is 2.75. The van der Waals surface area contributed by atoms with Gasteiger partial charge in [-0.3, -0.25) is 0 Å². The van der Waals surface area contributed by atoms with E-state index in [4.69, 9.17) is 10.5 Å². The molecule has 0 aromatic carbocycles. The summed E-state index contributed by atoms with van der Waals surface area (Å²) in [4.78, 5) is 5.60. The maximum absolute atomic E-state index is 5.83. The summed E-state index contributed by atoms with van der Waals surface area (Å²) < 4.78 is 6.68. The van der Waals surface area contributed by atoms with Gasteiger partial charge in [0.05, 0.1) is 22.1 Å². The molecule has 0 fully saturated rings. The second kappa shape index (κ2) is 6.25. The van der Waals surface area contributed by atoms with Gasteiger partial charge in [-0.25, -0.2) is 0 Å². The Balaban J connectivity index is 2.04. The number of hydrogen-bond acceptors (Lipinski definition) is 5. The van der Waals surface area contributed by atoms with Crippen LogP contribution < -0.4 is 15.8 Å². The van der Waals surface area contributed by atoms with Gasteiger partial charge in [0.15, 0.2) is 0 Å². The molecule has 0 atom stereocenters. The summed E-state index contributed by atoms with van der Waals surface area (Å²) in [5.74, 6) is 1.24. The summed E-state index contributed by atoms with van der Waals surface area (Å²) in [7, 11) is 0. The highest BCUT2D eigenvalue weighted by molar-refractivity contribution is 9.11. The Morgan fingerprint density at radius 2 is 2.16 bits per heavy atom. The lowest BCUT2D eigenvalue weighted by Gasteiger charge is -2.12. The van der Waals surface area contributed by atoms with E-state index in [9.17, 15) is 0 Å². The highest BCUT2D eigenvalue weighted by Crippen LogP contribution is 2.24. The van der Waals surface area contributed by atoms with E-state index in [1.54, 1.807) is 17.4 Å². The van der Waals surface area contributed by atoms with Crippen molar-refractivity contribution in [3.05, 3.63) is 32.9 Å². The molecule has 19 heavy (non-hydrogen) atoms. The molecule has 2 aromatic heterocycles. The second-order valence-electron chi connectivity index (χ2n) is 4.32. The fourth-order valence-corrected chi connectivity index (χ4v) is 2.91. The summed E-state index contributed by atoms with van der Waals surface area (Å²) in [6.45, 7) is 4.63. The summed E-state index contributed by atoms with van der Waals surface area (Å²) in [6, 6.07) is 7.76. The fraction of sp³-hybridized carbons (Fsp3) is 0.308. The van der Waals surface area contributed by atoms with Gasteiger partial charge in [-0.1, -0.05) is 0 Å². The van der Waals surface area contributed by atoms with Crippen LogP contribution in [0.25, 0.3) is 0 Å². The highest BCUT2D eigenvalue weighted by Gasteiger charge is 2.06. The van der Waals surface area contributed by atoms with E-state index < -0.39 is 0 Å². The van der Waals surface area contributed by atoms with Crippen LogP contribution in [0, 0.1) is 0 Å². The lowest BCUT2D eigenvalue weighted by molar-refractivity contribution is 0.234. The maximum Gasteiger partial charge on any atom is 0.239 e. The number of thiophene rings is 1. The third-order valence-electron chi connectivity index (χ3n) is 2.31. The Bertz CT molecular complexity index is 557. The molecule has 0 radical (unpaired) electrons. The Morgan fingerprint density at radius 3 is 2.79 bits per heavy atom. The van der Waals surface area contributed by atoms with Crippen molar-refractivity contribution < 1.29 is 4.74 Å². The number of pyridine rings is 1. The van der Waals surface area contributed by atoms with Crippen LogP contribution in [-0.2, 0) is 6.54 Å². The molecule has 0 aliphatic carbocycles. The number of ether oxygens (including phenoxy) is 1. The molecule has 2 heterocycles. The van der Waals surface area contributed by atoms with E-state index >= 15 is 0 Å². The molecule has 0 unspecified atom stereocenters. The van der Waals surface area contributed by atoms with Gasteiger partial charge in [0.2, 0.25) is 5.88 Å². The van der Waals surface area contributed by atoms with E-state index in [0.717, 1.165) is 16.1 Å². The van der Waals surface area contributed by atoms with Crippen molar-refractivity contribution in [2.45, 2.75) is 26.5 Å². The smallest absolute Gasteiger partial charge is 0.239 e. The normalized spacial score (nSPS) is 10.7. The first-order valence-electron chi connectivity index (χ1n) is 5.96. The van der Waals surface area contributed by atoms with Crippen LogP contribution in [0.2, 0.25) is 0 Å². The van der Waals surface area contributed by atoms with Crippen molar-refractivity contribution in [3.63, 3.8) is 0 Å². The Labute approximate surface area is 125 Å². The van der Waals surface area contributed by atoms with Crippen LogP contribution in [0.5, 0.6) is 5.88 Å². The second-order valence-corrected chi connectivity index (χ2v) is 6.86. The van der Waals surface area contributed by atoms with Crippen molar-refractivity contribution in [2.24, 2.45) is 0 Å². The van der Waals surface area contributed by atoms with E-state index in [-0.39, 0.29) is 6.10 Å². The molecule has 0 aliphatic rings. The molecule has 0 amide bonds. The van der Waals surface area contributed by atoms with Gasteiger partial charge >= 0.3 is 0 Å². The van der Waals surface area contributed by atoms with Crippen molar-refractivity contribution in [1.29, 1.82) is 0 Å². The molecule has 0 bridgehead atoms. The third-order valence-corrected chi connectivity index (χ3v) is 3.93. The molecule has 3 N–H and O–H groups in total. The summed E-state index contributed by atoms with van der Waals surface area (Å²) in [5, 5.41) is 3.26. The zero-order valence-electron chi connectivity index (χ0n) is 10.8. The number of rotatable bonds is 5. The molecule has 2 rings (SSSR count). The summed E-state index contributed by atoms with van der Waals surface area (Å²) in [5.41, 5.74) is 6.38. The molecule has 0 saturated carbocycles. The minimum atomic E-state index is 0.0540. The number of nitrogen functional groups attached to an aromatic ring is 1. The molecule has 6 heteroatoms. The minimum absolute atomic E-state index is 0.0540. The predicted molar refractivity (Wildman–Crippen MR) is 83.8 cm³/mol. The van der Waals surface area contributed by atoms with Crippen LogP contribution in [0.4, 0.5) is 11.5 Å². The number of anilines is 2. The lowest BCUT2D eigenvalue weighted by Crippen LogP contribution is -2.10. The first kappa shape index (κ1) is 14.1. The fourth-order valence-electron chi connectivity index (χ4n) is 1.49. The van der Waals surface area contributed by atoms with Gasteiger partial charge in [0.25, 0.3) is 0 Å². The highest BCUT2D eigenvalue weighted by atomic mass is 79.9. The summed E-state index contributed by atoms with van der Waals surface area (Å²) in [6.07, 6.45) is 0.0540. The van der Waals surface area contributed by atoms with Gasteiger partial charge in [-0.05, 0) is 54.0 Å². The molecule has 2 aromatic rings. The van der Waals surface area contributed by atoms with Crippen molar-refractivity contribution in [3.8, 4) is 5.88 Å². The maximum atomic E-state index is 5.83. The van der Waals surface area contributed by atoms with E-state index in [1.807, 2.05) is 26.0 Å². The number of nitrogens with two attached hydrogens (primary N) is 1. The summed E-state index contributed by atoms with van der Waals surface area (Å²) >= 11 is 5.14. The van der Waals surface area contributed by atoms with Gasteiger partial charge < -0.3 is 15.8 Å². The molecular weight excluding hydrogens is 326 g/mol. The number of nitrogens with one attached hydrogen (secondary N) is 1. The number of hydrogen-bond donors (Lipinski definition) is 2. The number of aromatic nitrogens is 1. The molecule has 0 spiro atoms. The van der Waals surface area contributed by atoms with Crippen molar-refractivity contribution in [2.75, 3.05) is 11.1 Å². The van der Waals surface area contributed by atoms with Crippen molar-refractivity contribution >= 4 is 38.8 Å². The topological polar surface area (TPSA) is 60.2 Å². The molecule has 102 valence electrons. The van der Waals surface area contributed by atoms with Gasteiger partial charge in [-0.2, -0.15) is 4.98 Å². The van der Waals surface area contributed by atoms with Crippen LogP contribution in [0.15, 0.2) is 28.1 Å². The van der Waals surface area contributed by atoms with Gasteiger partial charge in [-0.15, -0.1) is 11.3 Å². The van der Waals surface area contributed by atoms with Crippen LogP contribution in [0.1, 0.15) is 18.7 Å². The van der Waals surface area contributed by atoms with Gasteiger partial charge in [0, 0.05) is 4.88 Å². The predicted octanol–water partition coefficient (Wildman–Crippen LogP) is 3.89. The number of halogens is 1.